The van der Waals surface area contributed by atoms with Gasteiger partial charge < -0.3 is 35.5 Å². The van der Waals surface area contributed by atoms with E-state index in [-0.39, 0.29) is 53.2 Å². The standard InChI is InChI=1S/C27H36BN5O6/c1-24(2)10-18(35)19(27(37,38)23(24)28)20-17(33-22(36)21-30-12-15(11-29)31-21)7-6-16(32-20)14-8-25(3,4)39-26(5,9-14)13-34/h6-7,12,14,23,34-35,37-38H,8-10,13,28H2,1-5H3,(H,30,31)(H,33,36). The topological polar surface area (TPSA) is 185 Å². The Morgan fingerprint density at radius 1 is 1.23 bits per heavy atom. The van der Waals surface area contributed by atoms with E-state index in [2.05, 4.69) is 15.3 Å². The number of nitriles is 1. The molecule has 208 valence electrons. The number of nitrogens with one attached hydrogen (secondary N) is 2. The average Bonchev–Trinajstić information content (AvgIpc) is 3.32. The Kier molecular flexibility index (Phi) is 7.19. The highest BCUT2D eigenvalue weighted by Gasteiger charge is 2.51. The molecule has 2 aromatic heterocycles. The van der Waals surface area contributed by atoms with E-state index in [4.69, 9.17) is 15.0 Å². The summed E-state index contributed by atoms with van der Waals surface area (Å²) < 4.78 is 6.13. The Labute approximate surface area is 228 Å². The van der Waals surface area contributed by atoms with E-state index < -0.39 is 34.1 Å². The molecule has 0 radical (unpaired) electrons. The summed E-state index contributed by atoms with van der Waals surface area (Å²) in [4.78, 5) is 24.4. The Bertz CT molecular complexity index is 1360. The smallest absolute Gasteiger partial charge is 0.291 e. The first-order valence-electron chi connectivity index (χ1n) is 13.0. The number of anilines is 1. The zero-order chi connectivity index (χ0) is 29.0. The first kappa shape index (κ1) is 28.8. The molecule has 1 fully saturated rings. The summed E-state index contributed by atoms with van der Waals surface area (Å²) in [7, 11) is 1.69. The molecule has 0 saturated carbocycles. The minimum absolute atomic E-state index is 0.0211. The van der Waals surface area contributed by atoms with Gasteiger partial charge in [-0.25, -0.2) is 4.98 Å². The highest BCUT2D eigenvalue weighted by molar-refractivity contribution is 6.14. The van der Waals surface area contributed by atoms with Crippen molar-refractivity contribution in [2.45, 2.75) is 82.6 Å². The number of nitrogens with zero attached hydrogens (tertiary/aromatic N) is 3. The molecule has 2 aliphatic rings. The van der Waals surface area contributed by atoms with Crippen LogP contribution in [0.5, 0.6) is 0 Å². The molecule has 3 atom stereocenters. The van der Waals surface area contributed by atoms with Crippen LogP contribution in [0.1, 0.15) is 87.5 Å². The van der Waals surface area contributed by atoms with Crippen LogP contribution in [0, 0.1) is 16.7 Å². The van der Waals surface area contributed by atoms with Gasteiger partial charge in [0.15, 0.2) is 17.3 Å². The van der Waals surface area contributed by atoms with Gasteiger partial charge in [-0.2, -0.15) is 5.26 Å². The second-order valence-electron chi connectivity index (χ2n) is 12.3. The summed E-state index contributed by atoms with van der Waals surface area (Å²) in [5.41, 5.74) is -1.39. The molecular weight excluding hydrogens is 501 g/mol. The van der Waals surface area contributed by atoms with Crippen molar-refractivity contribution in [3.05, 3.63) is 47.0 Å². The Morgan fingerprint density at radius 3 is 2.54 bits per heavy atom. The fraction of sp³-hybridized carbons (Fsp3) is 0.556. The maximum absolute atomic E-state index is 13.0. The summed E-state index contributed by atoms with van der Waals surface area (Å²) in [6.07, 6.45) is 2.52. The predicted octanol–water partition coefficient (Wildman–Crippen LogP) is 2.15. The van der Waals surface area contributed by atoms with Crippen LogP contribution in [-0.2, 0) is 4.74 Å². The van der Waals surface area contributed by atoms with Gasteiger partial charge in [0.05, 0.1) is 34.8 Å². The zero-order valence-electron chi connectivity index (χ0n) is 23.2. The lowest BCUT2D eigenvalue weighted by molar-refractivity contribution is -0.187. The molecule has 0 spiro atoms. The van der Waals surface area contributed by atoms with Gasteiger partial charge in [-0.05, 0) is 57.0 Å². The summed E-state index contributed by atoms with van der Waals surface area (Å²) in [6, 6.07) is 5.18. The Hall–Kier alpha value is -3.24. The molecular formula is C27H36BN5O6. The molecule has 6 N–H and O–H groups in total. The lowest BCUT2D eigenvalue weighted by atomic mass is 9.56. The van der Waals surface area contributed by atoms with E-state index in [0.717, 1.165) is 0 Å². The number of rotatable bonds is 5. The predicted molar refractivity (Wildman–Crippen MR) is 146 cm³/mol. The second kappa shape index (κ2) is 9.75. The zero-order valence-corrected chi connectivity index (χ0v) is 23.2. The Balaban J connectivity index is 1.84. The normalized spacial score (nSPS) is 27.6. The third-order valence-corrected chi connectivity index (χ3v) is 8.06. The van der Waals surface area contributed by atoms with E-state index in [9.17, 15) is 25.2 Å². The van der Waals surface area contributed by atoms with Crippen LogP contribution in [0.15, 0.2) is 24.1 Å². The second-order valence-corrected chi connectivity index (χ2v) is 12.3. The number of imidazole rings is 1. The number of H-pyrrole nitrogens is 1. The van der Waals surface area contributed by atoms with Crippen LogP contribution in [-0.4, -0.2) is 72.7 Å². The van der Waals surface area contributed by atoms with Crippen LogP contribution in [0.2, 0.25) is 5.82 Å². The van der Waals surface area contributed by atoms with Crippen molar-refractivity contribution in [1.29, 1.82) is 5.26 Å². The minimum atomic E-state index is -2.45. The molecule has 4 rings (SSSR count). The first-order valence-corrected chi connectivity index (χ1v) is 13.0. The summed E-state index contributed by atoms with van der Waals surface area (Å²) >= 11 is 0. The number of pyridine rings is 1. The maximum atomic E-state index is 13.0. The van der Waals surface area contributed by atoms with Crippen molar-refractivity contribution in [2.24, 2.45) is 5.41 Å². The van der Waals surface area contributed by atoms with Gasteiger partial charge in [0, 0.05) is 24.2 Å². The van der Waals surface area contributed by atoms with Gasteiger partial charge in [-0.1, -0.05) is 13.8 Å². The number of hydrogen-bond acceptors (Lipinski definition) is 9. The van der Waals surface area contributed by atoms with Crippen molar-refractivity contribution >= 4 is 25.0 Å². The van der Waals surface area contributed by atoms with Gasteiger partial charge >= 0.3 is 0 Å². The third kappa shape index (κ3) is 5.45. The van der Waals surface area contributed by atoms with E-state index in [1.165, 1.54) is 6.20 Å². The summed E-state index contributed by atoms with van der Waals surface area (Å²) in [6.45, 7) is 9.20. The number of hydrogen-bond donors (Lipinski definition) is 6. The van der Waals surface area contributed by atoms with Crippen LogP contribution in [0.4, 0.5) is 5.69 Å². The summed E-state index contributed by atoms with van der Waals surface area (Å²) in [5, 5.41) is 55.6. The van der Waals surface area contributed by atoms with Crippen molar-refractivity contribution in [1.82, 2.24) is 15.0 Å². The maximum Gasteiger partial charge on any atom is 0.291 e. The number of aliphatic hydroxyl groups excluding tert-OH is 2. The highest BCUT2D eigenvalue weighted by atomic mass is 16.5. The number of aromatic nitrogens is 3. The Morgan fingerprint density at radius 2 is 1.92 bits per heavy atom. The van der Waals surface area contributed by atoms with Crippen LogP contribution >= 0.6 is 0 Å². The first-order chi connectivity index (χ1) is 18.0. The molecule has 1 saturated heterocycles. The molecule has 12 heteroatoms. The molecule has 2 aromatic rings. The van der Waals surface area contributed by atoms with Crippen molar-refractivity contribution in [2.75, 3.05) is 11.9 Å². The van der Waals surface area contributed by atoms with E-state index in [1.54, 1.807) is 20.0 Å². The van der Waals surface area contributed by atoms with E-state index in [1.807, 2.05) is 40.7 Å². The molecule has 3 unspecified atom stereocenters. The number of aliphatic hydroxyl groups is 4. The van der Waals surface area contributed by atoms with Gasteiger partial charge in [-0.3, -0.25) is 9.78 Å². The SMILES string of the molecule is BC1C(C)(C)CC(O)=C(c2nc(C3CC(C)(C)OC(C)(CO)C3)ccc2NC(=O)c2nc(C#N)c[nH]2)C1(O)O. The number of aromatic amines is 1. The van der Waals surface area contributed by atoms with Gasteiger partial charge in [0.2, 0.25) is 0 Å². The fourth-order valence-corrected chi connectivity index (χ4v) is 5.87. The van der Waals surface area contributed by atoms with Gasteiger partial charge in [-0.15, -0.1) is 0 Å². The van der Waals surface area contributed by atoms with Crippen LogP contribution in [0.25, 0.3) is 5.57 Å². The molecule has 1 aliphatic carbocycles. The lowest BCUT2D eigenvalue weighted by Crippen LogP contribution is -2.48. The van der Waals surface area contributed by atoms with Crippen LogP contribution in [0.3, 0.4) is 0 Å². The number of allylic oxidation sites excluding steroid dienone is 1. The molecule has 0 bridgehead atoms. The van der Waals surface area contributed by atoms with E-state index in [0.29, 0.717) is 18.5 Å². The summed E-state index contributed by atoms with van der Waals surface area (Å²) in [5.74, 6) is -4.32. The quantitative estimate of drug-likeness (QED) is 0.246. The van der Waals surface area contributed by atoms with Gasteiger partial charge in [0.25, 0.3) is 5.91 Å². The van der Waals surface area contributed by atoms with Crippen LogP contribution < -0.4 is 5.32 Å². The average molecular weight is 537 g/mol. The number of ether oxygens (including phenoxy) is 1. The lowest BCUT2D eigenvalue weighted by Gasteiger charge is -2.47. The molecule has 39 heavy (non-hydrogen) atoms. The monoisotopic (exact) mass is 537 g/mol. The van der Waals surface area contributed by atoms with Crippen molar-refractivity contribution in [3.63, 3.8) is 0 Å². The van der Waals surface area contributed by atoms with Crippen molar-refractivity contribution < 1.29 is 30.0 Å². The fourth-order valence-electron chi connectivity index (χ4n) is 5.87. The molecule has 1 aliphatic heterocycles. The highest BCUT2D eigenvalue weighted by Crippen LogP contribution is 2.53. The third-order valence-electron chi connectivity index (χ3n) is 8.06. The number of amides is 1. The molecule has 1 amide bonds. The van der Waals surface area contributed by atoms with Crippen molar-refractivity contribution in [3.8, 4) is 6.07 Å². The largest absolute Gasteiger partial charge is 0.512 e. The molecule has 0 aromatic carbocycles. The van der Waals surface area contributed by atoms with E-state index >= 15 is 0 Å². The van der Waals surface area contributed by atoms with Gasteiger partial charge in [0.1, 0.15) is 19.7 Å². The molecule has 3 heterocycles. The number of carbonyl (C=O) groups excluding carboxylic acids is 1. The molecule has 11 nitrogen and oxygen atoms in total. The number of carbonyl (C=O) groups is 1. The minimum Gasteiger partial charge on any atom is -0.512 e.